The van der Waals surface area contributed by atoms with E-state index < -0.39 is 29.4 Å². The fourth-order valence-corrected chi connectivity index (χ4v) is 2.62. The maximum absolute atomic E-state index is 12.6. The smallest absolute Gasteiger partial charge is 0.228 e. The summed E-state index contributed by atoms with van der Waals surface area (Å²) >= 11 is 0. The van der Waals surface area contributed by atoms with Gasteiger partial charge in [-0.15, -0.1) is 0 Å². The minimum Gasteiger partial charge on any atom is -0.507 e. The van der Waals surface area contributed by atoms with Crippen molar-refractivity contribution in [3.63, 3.8) is 0 Å². The molecule has 7 heteroatoms. The summed E-state index contributed by atoms with van der Waals surface area (Å²) < 4.78 is 9.90. The van der Waals surface area contributed by atoms with E-state index >= 15 is 0 Å². The van der Waals surface area contributed by atoms with Crippen LogP contribution >= 0.6 is 0 Å². The zero-order valence-electron chi connectivity index (χ0n) is 11.7. The second kappa shape index (κ2) is 4.60. The largest absolute Gasteiger partial charge is 0.507 e. The lowest BCUT2D eigenvalue weighted by Gasteiger charge is -2.28. The third kappa shape index (κ3) is 1.72. The highest BCUT2D eigenvalue weighted by Crippen LogP contribution is 2.44. The molecule has 0 saturated heterocycles. The van der Waals surface area contributed by atoms with Crippen LogP contribution < -0.4 is 4.74 Å². The zero-order chi connectivity index (χ0) is 16.2. The molecule has 2 aliphatic rings. The molecule has 1 unspecified atom stereocenters. The predicted octanol–water partition coefficient (Wildman–Crippen LogP) is 1.03. The van der Waals surface area contributed by atoms with Gasteiger partial charge in [-0.1, -0.05) is 0 Å². The van der Waals surface area contributed by atoms with E-state index in [1.165, 1.54) is 20.1 Å². The van der Waals surface area contributed by atoms with Crippen LogP contribution in [-0.2, 0) is 4.74 Å². The lowest BCUT2D eigenvalue weighted by atomic mass is 9.81. The standard InChI is InChI=1S/C15H12O7/c1-5-3-6-9(15(20)22-5)14(19)10-7(16)4-8(21-2)13(18)11(10)12(6)17/h3-4,15-16,18,20H,1-2H3. The molecular weight excluding hydrogens is 292 g/mol. The molecule has 0 fully saturated rings. The number of rotatable bonds is 1. The molecule has 0 bridgehead atoms. The van der Waals surface area contributed by atoms with E-state index in [-0.39, 0.29) is 33.8 Å². The highest BCUT2D eigenvalue weighted by Gasteiger charge is 2.41. The first-order valence-electron chi connectivity index (χ1n) is 6.36. The van der Waals surface area contributed by atoms with Crippen molar-refractivity contribution in [2.75, 3.05) is 7.11 Å². The second-order valence-electron chi connectivity index (χ2n) is 4.91. The Labute approximate surface area is 124 Å². The number of allylic oxidation sites excluding steroid dienone is 3. The van der Waals surface area contributed by atoms with Gasteiger partial charge in [0, 0.05) is 11.6 Å². The van der Waals surface area contributed by atoms with Gasteiger partial charge in [-0.2, -0.15) is 0 Å². The van der Waals surface area contributed by atoms with E-state index in [4.69, 9.17) is 9.47 Å². The van der Waals surface area contributed by atoms with Crippen LogP contribution in [0.2, 0.25) is 0 Å². The number of methoxy groups -OCH3 is 1. The Kier molecular flexibility index (Phi) is 2.96. The first kappa shape index (κ1) is 14.2. The zero-order valence-corrected chi connectivity index (χ0v) is 11.7. The first-order chi connectivity index (χ1) is 10.4. The van der Waals surface area contributed by atoms with Gasteiger partial charge in [-0.05, 0) is 13.0 Å². The number of phenols is 2. The topological polar surface area (TPSA) is 113 Å². The van der Waals surface area contributed by atoms with Crippen LogP contribution in [0.4, 0.5) is 0 Å². The van der Waals surface area contributed by atoms with Crippen LogP contribution in [0.25, 0.3) is 0 Å². The maximum atomic E-state index is 12.6. The number of benzene rings is 1. The molecule has 0 radical (unpaired) electrons. The number of hydrogen-bond acceptors (Lipinski definition) is 7. The van der Waals surface area contributed by atoms with Gasteiger partial charge >= 0.3 is 0 Å². The summed E-state index contributed by atoms with van der Waals surface area (Å²) in [5.41, 5.74) is -1.06. The molecule has 1 aliphatic carbocycles. The molecule has 3 rings (SSSR count). The Morgan fingerprint density at radius 1 is 1.18 bits per heavy atom. The van der Waals surface area contributed by atoms with Crippen LogP contribution in [0.5, 0.6) is 17.2 Å². The summed E-state index contributed by atoms with van der Waals surface area (Å²) in [6.45, 7) is 1.52. The molecule has 0 aromatic heterocycles. The number of Topliss-reactive ketones (excluding diaryl/α,β-unsaturated/α-hetero) is 2. The molecule has 0 spiro atoms. The van der Waals surface area contributed by atoms with Crippen molar-refractivity contribution in [2.45, 2.75) is 13.2 Å². The van der Waals surface area contributed by atoms with Gasteiger partial charge < -0.3 is 24.8 Å². The minimum atomic E-state index is -1.60. The van der Waals surface area contributed by atoms with E-state index in [2.05, 4.69) is 0 Å². The van der Waals surface area contributed by atoms with E-state index in [1.807, 2.05) is 0 Å². The molecular formula is C15H12O7. The van der Waals surface area contributed by atoms with Gasteiger partial charge in [0.05, 0.1) is 29.6 Å². The van der Waals surface area contributed by atoms with Gasteiger partial charge in [0.2, 0.25) is 12.1 Å². The number of hydrogen-bond donors (Lipinski definition) is 3. The molecule has 0 saturated carbocycles. The number of fused-ring (bicyclic) bond motifs is 1. The minimum absolute atomic E-state index is 0.0725. The summed E-state index contributed by atoms with van der Waals surface area (Å²) in [4.78, 5) is 25.1. The molecule has 3 N–H and O–H groups in total. The van der Waals surface area contributed by atoms with Gasteiger partial charge in [-0.3, -0.25) is 9.59 Å². The first-order valence-corrected chi connectivity index (χ1v) is 6.36. The molecule has 1 atom stereocenters. The Bertz CT molecular complexity index is 786. The molecule has 22 heavy (non-hydrogen) atoms. The van der Waals surface area contributed by atoms with E-state index in [9.17, 15) is 24.9 Å². The summed E-state index contributed by atoms with van der Waals surface area (Å²) in [6.07, 6.45) is -0.297. The fourth-order valence-electron chi connectivity index (χ4n) is 2.62. The fraction of sp³-hybridized carbons (Fsp3) is 0.200. The number of carbonyl (C=O) groups excluding carboxylic acids is 2. The maximum Gasteiger partial charge on any atom is 0.228 e. The average molecular weight is 304 g/mol. The van der Waals surface area contributed by atoms with Crippen molar-refractivity contribution in [3.05, 3.63) is 40.2 Å². The Morgan fingerprint density at radius 2 is 1.86 bits per heavy atom. The third-order valence-electron chi connectivity index (χ3n) is 3.59. The molecule has 7 nitrogen and oxygen atoms in total. The number of carbonyl (C=O) groups is 2. The van der Waals surface area contributed by atoms with Crippen molar-refractivity contribution in [1.82, 2.24) is 0 Å². The van der Waals surface area contributed by atoms with Gasteiger partial charge in [0.1, 0.15) is 5.75 Å². The lowest BCUT2D eigenvalue weighted by Crippen LogP contribution is -2.32. The van der Waals surface area contributed by atoms with Gasteiger partial charge in [0.25, 0.3) is 0 Å². The van der Waals surface area contributed by atoms with Crippen molar-refractivity contribution < 1.29 is 34.4 Å². The van der Waals surface area contributed by atoms with Crippen LogP contribution in [0.3, 0.4) is 0 Å². The number of phenolic OH excluding ortho intramolecular Hbond substituents is 2. The van der Waals surface area contributed by atoms with Crippen LogP contribution in [0.15, 0.2) is 29.0 Å². The average Bonchev–Trinajstić information content (AvgIpc) is 2.45. The van der Waals surface area contributed by atoms with E-state index in [0.29, 0.717) is 0 Å². The van der Waals surface area contributed by atoms with E-state index in [1.54, 1.807) is 0 Å². The van der Waals surface area contributed by atoms with Crippen molar-refractivity contribution in [2.24, 2.45) is 0 Å². The molecule has 1 aliphatic heterocycles. The summed E-state index contributed by atoms with van der Waals surface area (Å²) in [6, 6.07) is 1.03. The molecule has 114 valence electrons. The van der Waals surface area contributed by atoms with E-state index in [0.717, 1.165) is 6.07 Å². The quantitative estimate of drug-likeness (QED) is 0.664. The van der Waals surface area contributed by atoms with Gasteiger partial charge in [-0.25, -0.2) is 0 Å². The Balaban J connectivity index is 2.34. The highest BCUT2D eigenvalue weighted by atomic mass is 16.6. The molecule has 0 amide bonds. The number of aliphatic hydroxyl groups is 1. The third-order valence-corrected chi connectivity index (χ3v) is 3.59. The Hall–Kier alpha value is -2.80. The van der Waals surface area contributed by atoms with Crippen LogP contribution in [-0.4, -0.2) is 40.3 Å². The summed E-state index contributed by atoms with van der Waals surface area (Å²) in [5, 5.41) is 30.0. The SMILES string of the molecule is COc1cc(O)c2c(c1O)C(=O)C1=C(C2=O)C(O)OC(C)=C1. The van der Waals surface area contributed by atoms with Crippen molar-refractivity contribution in [3.8, 4) is 17.2 Å². The summed E-state index contributed by atoms with van der Waals surface area (Å²) in [7, 11) is 1.25. The monoisotopic (exact) mass is 304 g/mol. The molecule has 1 aromatic carbocycles. The number of ether oxygens (including phenoxy) is 2. The van der Waals surface area contributed by atoms with Crippen LogP contribution in [0, 0.1) is 0 Å². The second-order valence-corrected chi connectivity index (χ2v) is 4.91. The van der Waals surface area contributed by atoms with Crippen molar-refractivity contribution in [1.29, 1.82) is 0 Å². The number of aliphatic hydroxyl groups excluding tert-OH is 1. The Morgan fingerprint density at radius 3 is 2.50 bits per heavy atom. The van der Waals surface area contributed by atoms with Gasteiger partial charge in [0.15, 0.2) is 17.3 Å². The normalized spacial score (nSPS) is 20.1. The predicted molar refractivity (Wildman–Crippen MR) is 72.9 cm³/mol. The molecule has 1 heterocycles. The molecule has 1 aromatic rings. The number of ketones is 2. The lowest BCUT2D eigenvalue weighted by molar-refractivity contribution is -0.0374. The van der Waals surface area contributed by atoms with Crippen LogP contribution in [0.1, 0.15) is 27.6 Å². The highest BCUT2D eigenvalue weighted by molar-refractivity contribution is 6.30. The summed E-state index contributed by atoms with van der Waals surface area (Å²) in [5.74, 6) is -2.41. The number of aromatic hydroxyl groups is 2. The van der Waals surface area contributed by atoms with Crippen molar-refractivity contribution >= 4 is 11.6 Å².